The zero-order chi connectivity index (χ0) is 57.8. The number of amides is 1. The summed E-state index contributed by atoms with van der Waals surface area (Å²) in [4.78, 5) is 94.1. The van der Waals surface area contributed by atoms with Crippen LogP contribution in [0.3, 0.4) is 0 Å². The number of nitrogen functional groups attached to an aromatic ring is 1. The third kappa shape index (κ3) is 23.4. The number of ether oxygens (including phenoxy) is 5. The lowest BCUT2D eigenvalue weighted by Crippen LogP contribution is -2.61. The number of hydrogen-bond acceptors (Lipinski definition) is 22. The van der Waals surface area contributed by atoms with Gasteiger partial charge in [0.05, 0.1) is 44.8 Å². The Morgan fingerprint density at radius 3 is 2.05 bits per heavy atom. The Morgan fingerprint density at radius 1 is 0.885 bits per heavy atom. The summed E-state index contributed by atoms with van der Waals surface area (Å²) in [6.45, 7) is 24.2. The summed E-state index contributed by atoms with van der Waals surface area (Å²) in [6, 6.07) is 0.213. The summed E-state index contributed by atoms with van der Waals surface area (Å²) < 4.78 is 65.0. The van der Waals surface area contributed by atoms with Crippen LogP contribution in [-0.4, -0.2) is 161 Å². The van der Waals surface area contributed by atoms with Crippen molar-refractivity contribution in [1.29, 1.82) is 0 Å². The molecular weight excluding hydrogens is 1090 g/mol. The molecule has 0 spiro atoms. The zero-order valence-corrected chi connectivity index (χ0v) is 52.2. The van der Waals surface area contributed by atoms with Gasteiger partial charge in [0.25, 0.3) is 14.1 Å². The number of aromatic nitrogens is 4. The number of H-pyrrole nitrogens is 1. The van der Waals surface area contributed by atoms with Gasteiger partial charge in [-0.2, -0.15) is 4.98 Å². The maximum absolute atomic E-state index is 14.0. The molecule has 6 atom stereocenters. The molecule has 2 aromatic heterocycles. The molecule has 2 fully saturated rings. The fourth-order valence-corrected chi connectivity index (χ4v) is 17.9. The van der Waals surface area contributed by atoms with Crippen LogP contribution in [-0.2, 0) is 64.5 Å². The van der Waals surface area contributed by atoms with E-state index in [4.69, 9.17) is 55.9 Å². The number of alkyl carbamates (subject to hydrolysis) is 1. The predicted octanol–water partition coefficient (Wildman–Crippen LogP) is 6.85. The van der Waals surface area contributed by atoms with Gasteiger partial charge in [-0.25, -0.2) is 14.6 Å². The van der Waals surface area contributed by atoms with Gasteiger partial charge in [0.2, 0.25) is 5.95 Å². The predicted molar refractivity (Wildman–Crippen MR) is 298 cm³/mol. The minimum absolute atomic E-state index is 0.00500. The van der Waals surface area contributed by atoms with Crippen LogP contribution in [0.15, 0.2) is 11.1 Å². The van der Waals surface area contributed by atoms with Crippen molar-refractivity contribution in [3.8, 4) is 0 Å². The first kappa shape index (κ1) is 67.3. The molecule has 446 valence electrons. The molecule has 3 heterocycles. The molecule has 0 aromatic carbocycles. The van der Waals surface area contributed by atoms with E-state index in [9.17, 15) is 28.9 Å². The number of imidazole rings is 1. The van der Waals surface area contributed by atoms with E-state index < -0.39 is 94.4 Å². The second-order valence-electron chi connectivity index (χ2n) is 22.6. The lowest BCUT2D eigenvalue weighted by molar-refractivity contribution is -0.171. The summed E-state index contributed by atoms with van der Waals surface area (Å²) in [5.74, 6) is -2.85. The second kappa shape index (κ2) is 32.5. The Kier molecular flexibility index (Phi) is 28.0. The maximum Gasteiger partial charge on any atom is 0.658 e. The molecule has 1 aliphatic heterocycles. The first-order valence-electron chi connectivity index (χ1n) is 27.4. The molecule has 1 aliphatic carbocycles. The number of rotatable bonds is 30. The molecule has 2 unspecified atom stereocenters. The van der Waals surface area contributed by atoms with E-state index in [1.54, 1.807) is 13.8 Å². The van der Waals surface area contributed by atoms with Crippen LogP contribution >= 0.6 is 8.53 Å². The Hall–Kier alpha value is -3.17. The van der Waals surface area contributed by atoms with Crippen molar-refractivity contribution >= 4 is 75.1 Å². The number of aromatic amines is 1. The monoisotopic (exact) mass is 1180 g/mol. The van der Waals surface area contributed by atoms with E-state index in [-0.39, 0.29) is 87.2 Å². The van der Waals surface area contributed by atoms with E-state index in [0.29, 0.717) is 0 Å². The van der Waals surface area contributed by atoms with Crippen LogP contribution in [0.2, 0.25) is 39.3 Å². The van der Waals surface area contributed by atoms with Crippen LogP contribution in [0.5, 0.6) is 0 Å². The van der Waals surface area contributed by atoms with E-state index in [1.807, 2.05) is 71.9 Å². The molecule has 29 heteroatoms. The van der Waals surface area contributed by atoms with Crippen molar-refractivity contribution in [1.82, 2.24) is 35.0 Å². The lowest BCUT2D eigenvalue weighted by Gasteiger charge is -2.40. The van der Waals surface area contributed by atoms with Gasteiger partial charge in [-0.15, -0.1) is 5.25 Å². The summed E-state index contributed by atoms with van der Waals surface area (Å²) in [6.07, 6.45) is 5.00. The largest absolute Gasteiger partial charge is 0.658 e. The number of nitrogens with zero attached hydrogens (tertiary/aromatic N) is 4. The second-order valence-corrected chi connectivity index (χ2v) is 35.1. The fraction of sp³-hybridized carbons (Fsp3) is 0.816. The molecule has 25 nitrogen and oxygen atoms in total. The van der Waals surface area contributed by atoms with Crippen molar-refractivity contribution in [3.05, 3.63) is 16.7 Å². The van der Waals surface area contributed by atoms with Crippen molar-refractivity contribution in [2.75, 3.05) is 45.4 Å². The highest BCUT2D eigenvalue weighted by molar-refractivity contribution is 7.43. The van der Waals surface area contributed by atoms with Crippen molar-refractivity contribution < 1.29 is 74.2 Å². The molecule has 6 N–H and O–H groups in total. The smallest absolute Gasteiger partial charge is 0.438 e. The Morgan fingerprint density at radius 2 is 1.49 bits per heavy atom. The van der Waals surface area contributed by atoms with Crippen molar-refractivity contribution in [3.63, 3.8) is 0 Å². The molecule has 2 aromatic rings. The van der Waals surface area contributed by atoms with Gasteiger partial charge in [-0.3, -0.25) is 33.7 Å². The highest BCUT2D eigenvalue weighted by Crippen LogP contribution is 2.42. The van der Waals surface area contributed by atoms with Gasteiger partial charge in [0, 0.05) is 25.0 Å². The standard InChI is InChI=1S/C49H91N8O17PSi3/c1-33(2)46(60)70-47(61)38(29-36(7)58)65-28-27-64-26-25-51-49(62)69-42-41(71-75(63)55-66-32-57(34(3)4)35(5)6)39(68-45(42)56-31-52-40-43(56)53-48(50)54-44(40)59)30-67-78(73-76(8,9)10,74-77(11,12)13)72-37-23-21-19-17-15-14-16-18-20-22-24-37/h31,33-35,37-39,41-42,45,55,63H,14-30,32H2,1-13H3,(H,51,62)(H3,50,53,54,59)/t38?,39-,41-,42-,45-,75?/m1/s1. The van der Waals surface area contributed by atoms with E-state index in [2.05, 4.69) is 25.5 Å². The fourth-order valence-electron chi connectivity index (χ4n) is 8.68. The summed E-state index contributed by atoms with van der Waals surface area (Å²) in [5.41, 5.74) is 5.35. The molecule has 0 radical (unpaired) electrons. The van der Waals surface area contributed by atoms with Crippen LogP contribution < -0.4 is 21.9 Å². The number of fused-ring (bicyclic) bond motifs is 1. The number of Topliss-reactive ketones (excluding diaryl/α,β-unsaturated/α-hetero) is 1. The molecule has 4 rings (SSSR count). The number of ketones is 1. The summed E-state index contributed by atoms with van der Waals surface area (Å²) in [5, 5.41) is 5.28. The molecular formula is C49H91N8O17PSi3. The van der Waals surface area contributed by atoms with Gasteiger partial charge in [-0.05, 0) is 86.7 Å². The van der Waals surface area contributed by atoms with Crippen LogP contribution in [0.1, 0.15) is 132 Å². The zero-order valence-electron chi connectivity index (χ0n) is 48.3. The summed E-state index contributed by atoms with van der Waals surface area (Å²) in [7, 11) is -11.8. The van der Waals surface area contributed by atoms with Gasteiger partial charge in [0.1, 0.15) is 24.7 Å². The average Bonchev–Trinajstić information content (AvgIpc) is 3.92. The number of nitrogens with one attached hydrogen (secondary N) is 3. The minimum atomic E-state index is -4.10. The SMILES string of the molecule is CC(=O)CC(OCCOCCNC(=O)O[C@@H]1[C@H](OP(O)NOCN(C(C)C)C(C)C)[C@@H](CO[Si](OC2CCCCCCCCCCC2)(O[Si](C)(C)C)O[Si](C)(C)C)O[C@H]1n1cnc2c(=O)[nH]c(N)nc21)C(=O)OC(=O)C(C)C. The Balaban J connectivity index is 1.67. The summed E-state index contributed by atoms with van der Waals surface area (Å²) >= 11 is 0. The highest BCUT2D eigenvalue weighted by atomic mass is 31.2. The number of hydrogen-bond donors (Lipinski definition) is 5. The number of anilines is 1. The molecule has 78 heavy (non-hydrogen) atoms. The molecule has 2 aliphatic rings. The third-order valence-corrected chi connectivity index (χ3v) is 21.0. The third-order valence-electron chi connectivity index (χ3n) is 12.3. The van der Waals surface area contributed by atoms with E-state index >= 15 is 0 Å². The molecule has 0 bridgehead atoms. The highest BCUT2D eigenvalue weighted by Gasteiger charge is 2.57. The quantitative estimate of drug-likeness (QED) is 0.0102. The van der Waals surface area contributed by atoms with Gasteiger partial charge >= 0.3 is 27.1 Å². The Labute approximate surface area is 464 Å². The molecule has 1 saturated carbocycles. The van der Waals surface area contributed by atoms with E-state index in [0.717, 1.165) is 51.4 Å². The molecule has 1 amide bonds. The van der Waals surface area contributed by atoms with Crippen LogP contribution in [0.25, 0.3) is 11.2 Å². The minimum Gasteiger partial charge on any atom is -0.438 e. The van der Waals surface area contributed by atoms with Crippen LogP contribution in [0, 0.1) is 5.92 Å². The van der Waals surface area contributed by atoms with Gasteiger partial charge in [0.15, 0.2) is 46.2 Å². The maximum atomic E-state index is 14.0. The van der Waals surface area contributed by atoms with Crippen molar-refractivity contribution in [2.24, 2.45) is 5.92 Å². The number of carbonyl (C=O) groups excluding carboxylic acids is 4. The first-order chi connectivity index (χ1) is 36.7. The lowest BCUT2D eigenvalue weighted by atomic mass is 10.00. The van der Waals surface area contributed by atoms with Crippen LogP contribution in [0.4, 0.5) is 10.7 Å². The van der Waals surface area contributed by atoms with E-state index in [1.165, 1.54) is 37.1 Å². The number of esters is 2. The van der Waals surface area contributed by atoms with Gasteiger partial charge in [-0.1, -0.05) is 71.6 Å². The number of carbonyl (C=O) groups is 4. The number of nitrogens with two attached hydrogens (primary N) is 1. The van der Waals surface area contributed by atoms with Crippen molar-refractivity contribution in [2.45, 2.75) is 214 Å². The molecule has 1 saturated heterocycles. The Bertz CT molecular complexity index is 2200. The average molecular weight is 1180 g/mol. The normalized spacial score (nSPS) is 20.5. The first-order valence-corrected chi connectivity index (χ1v) is 37.1. The van der Waals surface area contributed by atoms with Gasteiger partial charge < -0.3 is 61.2 Å². The topological polar surface area (TPSA) is 307 Å².